The van der Waals surface area contributed by atoms with Gasteiger partial charge in [-0.2, -0.15) is 0 Å². The molecule has 0 saturated heterocycles. The van der Waals surface area contributed by atoms with E-state index in [0.29, 0.717) is 10.1 Å². The molecule has 0 spiro atoms. The Labute approximate surface area is 123 Å². The Morgan fingerprint density at radius 2 is 1.25 bits per heavy atom. The number of pyridine rings is 2. The van der Waals surface area contributed by atoms with Crippen LogP contribution < -0.4 is 0 Å². The summed E-state index contributed by atoms with van der Waals surface area (Å²) in [6, 6.07) is 10.7. The van der Waals surface area contributed by atoms with Crippen LogP contribution in [0.4, 0.5) is 0 Å². The second kappa shape index (κ2) is 7.51. The molecule has 0 aliphatic heterocycles. The van der Waals surface area contributed by atoms with Crippen LogP contribution in [0.5, 0.6) is 0 Å². The summed E-state index contributed by atoms with van der Waals surface area (Å²) in [6.45, 7) is 0. The van der Waals surface area contributed by atoms with Crippen molar-refractivity contribution in [1.29, 1.82) is 0 Å². The normalized spacial score (nSPS) is 12.4. The van der Waals surface area contributed by atoms with E-state index < -0.39 is 0 Å². The van der Waals surface area contributed by atoms with Gasteiger partial charge in [-0.3, -0.25) is 0 Å². The summed E-state index contributed by atoms with van der Waals surface area (Å²) in [6.07, 6.45) is 3.25. The van der Waals surface area contributed by atoms with Crippen LogP contribution >= 0.6 is 23.5 Å². The number of rotatable bonds is 2. The average molecular weight is 306 g/mol. The molecular weight excluding hydrogens is 296 g/mol. The van der Waals surface area contributed by atoms with Gasteiger partial charge in [0, 0.05) is 12.4 Å². The average Bonchev–Trinajstić information content (AvgIpc) is 2.52. The van der Waals surface area contributed by atoms with Crippen LogP contribution in [0.2, 0.25) is 0 Å². The van der Waals surface area contributed by atoms with E-state index in [2.05, 4.69) is 20.3 Å². The molecule has 0 aromatic carbocycles. The molecule has 2 heterocycles. The molecule has 6 nitrogen and oxygen atoms in total. The zero-order valence-electron chi connectivity index (χ0n) is 10.1. The Hall–Kier alpha value is -2.06. The molecule has 0 unspecified atom stereocenters. The van der Waals surface area contributed by atoms with E-state index in [9.17, 15) is 0 Å². The first kappa shape index (κ1) is 14.4. The first-order valence-electron chi connectivity index (χ1n) is 5.45. The molecule has 2 N–H and O–H groups in total. The van der Waals surface area contributed by atoms with Crippen LogP contribution in [0.3, 0.4) is 0 Å². The van der Waals surface area contributed by atoms with Crippen molar-refractivity contribution in [1.82, 2.24) is 9.97 Å². The number of thioether (sulfide) groups is 2. The highest BCUT2D eigenvalue weighted by atomic mass is 32.2. The quantitative estimate of drug-likeness (QED) is 0.291. The van der Waals surface area contributed by atoms with Crippen molar-refractivity contribution in [2.75, 3.05) is 0 Å². The molecule has 2 rings (SSSR count). The molecule has 0 amide bonds. The van der Waals surface area contributed by atoms with E-state index in [0.717, 1.165) is 23.5 Å². The highest BCUT2D eigenvalue weighted by Gasteiger charge is 2.16. The van der Waals surface area contributed by atoms with Crippen molar-refractivity contribution in [3.05, 3.63) is 48.8 Å². The number of nitrogens with zero attached hydrogens (tertiary/aromatic N) is 4. The molecule has 2 aromatic rings. The van der Waals surface area contributed by atoms with Crippen LogP contribution in [0.1, 0.15) is 0 Å². The van der Waals surface area contributed by atoms with Crippen LogP contribution in [-0.4, -0.2) is 30.5 Å². The Bertz CT molecular complexity index is 550. The zero-order chi connectivity index (χ0) is 14.2. The van der Waals surface area contributed by atoms with Crippen molar-refractivity contribution in [3.63, 3.8) is 0 Å². The highest BCUT2D eigenvalue weighted by Crippen LogP contribution is 2.25. The second-order valence-electron chi connectivity index (χ2n) is 3.35. The van der Waals surface area contributed by atoms with Gasteiger partial charge >= 0.3 is 0 Å². The molecule has 0 fully saturated rings. The van der Waals surface area contributed by atoms with E-state index in [1.807, 2.05) is 12.1 Å². The third-order valence-corrected chi connectivity index (χ3v) is 4.01. The standard InChI is InChI=1S/C12H10N4O2S2/c17-15-11(19-9-5-1-3-7-13-9)12(16-18)20-10-6-2-4-8-14-10/h1-8,17-18H. The van der Waals surface area contributed by atoms with Crippen molar-refractivity contribution in [2.45, 2.75) is 10.1 Å². The Kier molecular flexibility index (Phi) is 5.39. The lowest BCUT2D eigenvalue weighted by Gasteiger charge is -2.04. The Balaban J connectivity index is 2.13. The third kappa shape index (κ3) is 3.97. The van der Waals surface area contributed by atoms with Crippen molar-refractivity contribution in [2.24, 2.45) is 10.3 Å². The molecule has 0 atom stereocenters. The van der Waals surface area contributed by atoms with Gasteiger partial charge < -0.3 is 10.4 Å². The lowest BCUT2D eigenvalue weighted by Crippen LogP contribution is -2.07. The fraction of sp³-hybridized carbons (Fsp3) is 0. The Morgan fingerprint density at radius 3 is 1.55 bits per heavy atom. The van der Waals surface area contributed by atoms with Gasteiger partial charge in [-0.05, 0) is 47.8 Å². The van der Waals surface area contributed by atoms with Gasteiger partial charge in [0.25, 0.3) is 0 Å². The zero-order valence-corrected chi connectivity index (χ0v) is 11.8. The molecule has 0 aliphatic carbocycles. The number of oxime groups is 2. The third-order valence-electron chi connectivity index (χ3n) is 2.04. The smallest absolute Gasteiger partial charge is 0.178 e. The summed E-state index contributed by atoms with van der Waals surface area (Å²) in [5.74, 6) is 0. The maximum Gasteiger partial charge on any atom is 0.178 e. The minimum absolute atomic E-state index is 0.141. The molecule has 20 heavy (non-hydrogen) atoms. The minimum atomic E-state index is 0.141. The van der Waals surface area contributed by atoms with Crippen LogP contribution in [0.15, 0.2) is 69.2 Å². The van der Waals surface area contributed by atoms with Gasteiger partial charge in [0.05, 0.1) is 0 Å². The van der Waals surface area contributed by atoms with Crippen molar-refractivity contribution >= 4 is 33.6 Å². The van der Waals surface area contributed by atoms with E-state index in [1.165, 1.54) is 0 Å². The summed E-state index contributed by atoms with van der Waals surface area (Å²) < 4.78 is 0. The predicted octanol–water partition coefficient (Wildman–Crippen LogP) is 2.94. The largest absolute Gasteiger partial charge is 0.410 e. The SMILES string of the molecule is ON=C(Sc1ccccn1)C(=NO)Sc1ccccn1. The van der Waals surface area contributed by atoms with Gasteiger partial charge in [-0.25, -0.2) is 9.97 Å². The number of aromatic nitrogens is 2. The van der Waals surface area contributed by atoms with Gasteiger partial charge in [0.1, 0.15) is 10.1 Å². The number of hydrogen-bond donors (Lipinski definition) is 2. The van der Waals surface area contributed by atoms with Crippen molar-refractivity contribution in [3.8, 4) is 0 Å². The maximum atomic E-state index is 9.08. The summed E-state index contributed by atoms with van der Waals surface area (Å²) >= 11 is 2.18. The fourth-order valence-electron chi connectivity index (χ4n) is 1.23. The Morgan fingerprint density at radius 1 is 0.800 bits per heavy atom. The topological polar surface area (TPSA) is 91.0 Å². The van der Waals surface area contributed by atoms with Crippen LogP contribution in [-0.2, 0) is 0 Å². The van der Waals surface area contributed by atoms with Crippen LogP contribution in [0.25, 0.3) is 0 Å². The van der Waals surface area contributed by atoms with Gasteiger partial charge in [0.15, 0.2) is 10.1 Å². The molecule has 102 valence electrons. The van der Waals surface area contributed by atoms with Gasteiger partial charge in [-0.1, -0.05) is 22.4 Å². The van der Waals surface area contributed by atoms with Crippen LogP contribution in [0, 0.1) is 0 Å². The van der Waals surface area contributed by atoms with E-state index in [4.69, 9.17) is 10.4 Å². The molecule has 0 aliphatic rings. The molecule has 8 heteroatoms. The van der Waals surface area contributed by atoms with E-state index in [1.54, 1.807) is 36.7 Å². The second-order valence-corrected chi connectivity index (χ2v) is 5.37. The van der Waals surface area contributed by atoms with E-state index >= 15 is 0 Å². The first-order chi connectivity index (χ1) is 9.83. The monoisotopic (exact) mass is 306 g/mol. The minimum Gasteiger partial charge on any atom is -0.410 e. The molecule has 2 aromatic heterocycles. The first-order valence-corrected chi connectivity index (χ1v) is 7.09. The van der Waals surface area contributed by atoms with Gasteiger partial charge in [-0.15, -0.1) is 0 Å². The highest BCUT2D eigenvalue weighted by molar-refractivity contribution is 8.25. The summed E-state index contributed by atoms with van der Waals surface area (Å²) in [4.78, 5) is 8.20. The van der Waals surface area contributed by atoms with E-state index in [-0.39, 0.29) is 10.1 Å². The fourth-order valence-corrected chi connectivity index (χ4v) is 2.73. The molecule has 0 bridgehead atoms. The summed E-state index contributed by atoms with van der Waals surface area (Å²) in [5.41, 5.74) is 0. The van der Waals surface area contributed by atoms with Gasteiger partial charge in [0.2, 0.25) is 0 Å². The number of hydrogen-bond acceptors (Lipinski definition) is 8. The molecular formula is C12H10N4O2S2. The summed E-state index contributed by atoms with van der Waals surface area (Å²) in [5, 5.41) is 26.0. The summed E-state index contributed by atoms with van der Waals surface area (Å²) in [7, 11) is 0. The predicted molar refractivity (Wildman–Crippen MR) is 78.6 cm³/mol. The maximum absolute atomic E-state index is 9.08. The van der Waals surface area contributed by atoms with Crippen molar-refractivity contribution < 1.29 is 10.4 Å². The lowest BCUT2D eigenvalue weighted by molar-refractivity contribution is 0.316. The lowest BCUT2D eigenvalue weighted by atomic mass is 10.5. The molecule has 0 saturated carbocycles. The molecule has 0 radical (unpaired) electrons.